The average molecular weight is 327 g/mol. The van der Waals surface area contributed by atoms with Crippen LogP contribution in [0.3, 0.4) is 0 Å². The van der Waals surface area contributed by atoms with Crippen LogP contribution in [0.2, 0.25) is 0 Å². The van der Waals surface area contributed by atoms with E-state index in [1.165, 1.54) is 7.11 Å². The monoisotopic (exact) mass is 327 g/mol. The van der Waals surface area contributed by atoms with Gasteiger partial charge in [0.2, 0.25) is 6.10 Å². The minimum absolute atomic E-state index is 0.199. The highest BCUT2D eigenvalue weighted by atomic mass is 16.5. The molecular formula is C19H21NO4. The van der Waals surface area contributed by atoms with Crippen molar-refractivity contribution in [1.29, 1.82) is 0 Å². The summed E-state index contributed by atoms with van der Waals surface area (Å²) in [6, 6.07) is 14.4. The molecule has 0 aliphatic rings. The lowest BCUT2D eigenvalue weighted by atomic mass is 10.1. The van der Waals surface area contributed by atoms with E-state index < -0.39 is 18.0 Å². The Labute approximate surface area is 141 Å². The number of rotatable bonds is 6. The highest BCUT2D eigenvalue weighted by molar-refractivity contribution is 5.97. The van der Waals surface area contributed by atoms with E-state index in [2.05, 4.69) is 5.32 Å². The van der Waals surface area contributed by atoms with E-state index in [4.69, 9.17) is 9.47 Å². The first-order valence-corrected chi connectivity index (χ1v) is 7.75. The fourth-order valence-corrected chi connectivity index (χ4v) is 2.23. The highest BCUT2D eigenvalue weighted by Crippen LogP contribution is 2.27. The predicted octanol–water partition coefficient (Wildman–Crippen LogP) is 3.64. The summed E-state index contributed by atoms with van der Waals surface area (Å²) >= 11 is 0. The zero-order chi connectivity index (χ0) is 17.5. The summed E-state index contributed by atoms with van der Waals surface area (Å²) < 4.78 is 10.6. The van der Waals surface area contributed by atoms with Crippen molar-refractivity contribution in [3.05, 3.63) is 59.7 Å². The molecule has 126 valence electrons. The second-order valence-corrected chi connectivity index (χ2v) is 5.33. The molecular weight excluding hydrogens is 306 g/mol. The lowest BCUT2D eigenvalue weighted by Crippen LogP contribution is -2.25. The van der Waals surface area contributed by atoms with Crippen LogP contribution >= 0.6 is 0 Å². The lowest BCUT2D eigenvalue weighted by molar-refractivity contribution is -0.154. The van der Waals surface area contributed by atoms with E-state index in [1.807, 2.05) is 19.1 Å². The van der Waals surface area contributed by atoms with E-state index in [0.717, 1.165) is 5.56 Å². The summed E-state index contributed by atoms with van der Waals surface area (Å²) in [6.07, 6.45) is -0.812. The number of nitrogens with one attached hydrogen (secondary N) is 1. The summed E-state index contributed by atoms with van der Waals surface area (Å²) in [7, 11) is 1.53. The van der Waals surface area contributed by atoms with E-state index in [9.17, 15) is 9.59 Å². The zero-order valence-corrected chi connectivity index (χ0v) is 14.0. The van der Waals surface area contributed by atoms with Crippen LogP contribution in [0.25, 0.3) is 0 Å². The van der Waals surface area contributed by atoms with Crippen molar-refractivity contribution in [2.24, 2.45) is 0 Å². The quantitative estimate of drug-likeness (QED) is 0.823. The molecule has 1 atom stereocenters. The molecule has 2 aromatic carbocycles. The van der Waals surface area contributed by atoms with E-state index in [1.54, 1.807) is 43.3 Å². The molecule has 0 bridgehead atoms. The topological polar surface area (TPSA) is 64.6 Å². The number of carbonyl (C=O) groups is 2. The Kier molecular flexibility index (Phi) is 5.95. The van der Waals surface area contributed by atoms with Crippen molar-refractivity contribution in [1.82, 2.24) is 0 Å². The van der Waals surface area contributed by atoms with Crippen molar-refractivity contribution in [3.8, 4) is 5.75 Å². The Morgan fingerprint density at radius 3 is 2.46 bits per heavy atom. The van der Waals surface area contributed by atoms with E-state index in [0.29, 0.717) is 17.0 Å². The molecule has 0 unspecified atom stereocenters. The molecule has 5 nitrogen and oxygen atoms in total. The third-order valence-electron chi connectivity index (χ3n) is 3.49. The first-order chi connectivity index (χ1) is 11.5. The molecule has 0 radical (unpaired) electrons. The maximum Gasteiger partial charge on any atom is 0.306 e. The van der Waals surface area contributed by atoms with Gasteiger partial charge in [0.25, 0.3) is 5.91 Å². The second-order valence-electron chi connectivity index (χ2n) is 5.33. The van der Waals surface area contributed by atoms with Crippen LogP contribution in [0.5, 0.6) is 5.75 Å². The van der Waals surface area contributed by atoms with Crippen LogP contribution in [0.1, 0.15) is 30.6 Å². The molecule has 5 heteroatoms. The number of esters is 1. The molecule has 0 aliphatic heterocycles. The van der Waals surface area contributed by atoms with Gasteiger partial charge >= 0.3 is 5.97 Å². The molecule has 2 rings (SSSR count). The molecule has 0 saturated carbocycles. The van der Waals surface area contributed by atoms with Crippen LogP contribution in [0, 0.1) is 6.92 Å². The largest absolute Gasteiger partial charge is 0.495 e. The van der Waals surface area contributed by atoms with Crippen molar-refractivity contribution in [2.45, 2.75) is 26.4 Å². The minimum Gasteiger partial charge on any atom is -0.495 e. The standard InChI is InChI=1S/C19H21NO4/c1-4-17(21)24-18(14-8-6-5-7-9-14)19(22)20-15-12-13(2)10-11-16(15)23-3/h5-12,18H,4H2,1-3H3,(H,20,22)/t18-/m1/s1. The maximum absolute atomic E-state index is 12.7. The third-order valence-corrected chi connectivity index (χ3v) is 3.49. The normalized spacial score (nSPS) is 11.5. The zero-order valence-electron chi connectivity index (χ0n) is 14.0. The van der Waals surface area contributed by atoms with Gasteiger partial charge in [-0.05, 0) is 24.6 Å². The fraction of sp³-hybridized carbons (Fsp3) is 0.263. The SMILES string of the molecule is CCC(=O)O[C@@H](C(=O)Nc1cc(C)ccc1OC)c1ccccc1. The van der Waals surface area contributed by atoms with Crippen molar-refractivity contribution in [2.75, 3.05) is 12.4 Å². The number of aryl methyl sites for hydroxylation is 1. The number of ether oxygens (including phenoxy) is 2. The van der Waals surface area contributed by atoms with Gasteiger partial charge in [-0.3, -0.25) is 9.59 Å². The number of anilines is 1. The summed E-state index contributed by atoms with van der Waals surface area (Å²) in [5, 5.41) is 2.79. The predicted molar refractivity (Wildman–Crippen MR) is 91.9 cm³/mol. The molecule has 0 heterocycles. The molecule has 2 aromatic rings. The average Bonchev–Trinajstić information content (AvgIpc) is 2.60. The second kappa shape index (κ2) is 8.15. The number of hydrogen-bond donors (Lipinski definition) is 1. The Balaban J connectivity index is 2.28. The van der Waals surface area contributed by atoms with Gasteiger partial charge in [0, 0.05) is 12.0 Å². The number of hydrogen-bond acceptors (Lipinski definition) is 4. The van der Waals surface area contributed by atoms with Crippen LogP contribution in [0.4, 0.5) is 5.69 Å². The molecule has 0 spiro atoms. The van der Waals surface area contributed by atoms with Gasteiger partial charge in [-0.15, -0.1) is 0 Å². The first kappa shape index (κ1) is 17.5. The molecule has 1 N–H and O–H groups in total. The summed E-state index contributed by atoms with van der Waals surface area (Å²) in [5.74, 6) is -0.315. The Morgan fingerprint density at radius 2 is 1.83 bits per heavy atom. The molecule has 1 amide bonds. The highest BCUT2D eigenvalue weighted by Gasteiger charge is 2.25. The van der Waals surface area contributed by atoms with Crippen molar-refractivity contribution in [3.63, 3.8) is 0 Å². The molecule has 0 saturated heterocycles. The number of benzene rings is 2. The van der Waals surface area contributed by atoms with Gasteiger partial charge in [0.05, 0.1) is 12.8 Å². The summed E-state index contributed by atoms with van der Waals surface area (Å²) in [5.41, 5.74) is 2.13. The fourth-order valence-electron chi connectivity index (χ4n) is 2.23. The number of methoxy groups -OCH3 is 1. The first-order valence-electron chi connectivity index (χ1n) is 7.75. The Hall–Kier alpha value is -2.82. The van der Waals surface area contributed by atoms with Gasteiger partial charge in [-0.25, -0.2) is 0 Å². The van der Waals surface area contributed by atoms with Gasteiger partial charge in [-0.2, -0.15) is 0 Å². The molecule has 0 aromatic heterocycles. The number of carbonyl (C=O) groups excluding carboxylic acids is 2. The minimum atomic E-state index is -1.01. The lowest BCUT2D eigenvalue weighted by Gasteiger charge is -2.19. The number of amides is 1. The Bertz CT molecular complexity index is 713. The van der Waals surface area contributed by atoms with Gasteiger partial charge in [-0.1, -0.05) is 43.3 Å². The van der Waals surface area contributed by atoms with Crippen LogP contribution < -0.4 is 10.1 Å². The van der Waals surface area contributed by atoms with Crippen LogP contribution in [-0.2, 0) is 14.3 Å². The van der Waals surface area contributed by atoms with Crippen molar-refractivity contribution < 1.29 is 19.1 Å². The molecule has 0 fully saturated rings. The van der Waals surface area contributed by atoms with Crippen LogP contribution in [0.15, 0.2) is 48.5 Å². The van der Waals surface area contributed by atoms with Gasteiger partial charge in [0.15, 0.2) is 0 Å². The summed E-state index contributed by atoms with van der Waals surface area (Å²) in [4.78, 5) is 24.4. The van der Waals surface area contributed by atoms with E-state index >= 15 is 0 Å². The molecule has 0 aliphatic carbocycles. The smallest absolute Gasteiger partial charge is 0.306 e. The van der Waals surface area contributed by atoms with E-state index in [-0.39, 0.29) is 6.42 Å². The van der Waals surface area contributed by atoms with Crippen molar-refractivity contribution >= 4 is 17.6 Å². The maximum atomic E-state index is 12.7. The molecule has 24 heavy (non-hydrogen) atoms. The van der Waals surface area contributed by atoms with Crippen LogP contribution in [-0.4, -0.2) is 19.0 Å². The van der Waals surface area contributed by atoms with Gasteiger partial charge in [0.1, 0.15) is 5.75 Å². The third kappa shape index (κ3) is 4.35. The van der Waals surface area contributed by atoms with Gasteiger partial charge < -0.3 is 14.8 Å². The summed E-state index contributed by atoms with van der Waals surface area (Å²) in [6.45, 7) is 3.60. The Morgan fingerprint density at radius 1 is 1.12 bits per heavy atom.